The number of thiol groups is 1. The number of allylic oxidation sites excluding steroid dienone is 3. The summed E-state index contributed by atoms with van der Waals surface area (Å²) in [5.41, 5.74) is -2.25. The van der Waals surface area contributed by atoms with Crippen molar-refractivity contribution in [3.05, 3.63) is 46.5 Å². The molecule has 0 aliphatic carbocycles. The Kier molecular flexibility index (Phi) is 10.7. The fourth-order valence-electron chi connectivity index (χ4n) is 7.07. The summed E-state index contributed by atoms with van der Waals surface area (Å²) in [6.07, 6.45) is 1.54. The van der Waals surface area contributed by atoms with E-state index in [1.165, 1.54) is 24.0 Å². The summed E-state index contributed by atoms with van der Waals surface area (Å²) < 4.78 is 29.3. The monoisotopic (exact) mass is 721 g/mol. The number of halogens is 1. The first-order chi connectivity index (χ1) is 23.1. The van der Waals surface area contributed by atoms with E-state index in [0.29, 0.717) is 17.9 Å². The molecule has 13 nitrogen and oxygen atoms in total. The lowest BCUT2D eigenvalue weighted by Gasteiger charge is -2.42. The van der Waals surface area contributed by atoms with E-state index in [4.69, 9.17) is 35.3 Å². The molecule has 0 saturated carbocycles. The molecule has 3 amide bonds. The number of nitrogens with one attached hydrogen (secondary N) is 1. The largest absolute Gasteiger partial charge is 0.495 e. The molecule has 0 aromatic heterocycles. The van der Waals surface area contributed by atoms with Crippen molar-refractivity contribution in [2.45, 2.75) is 94.2 Å². The van der Waals surface area contributed by atoms with E-state index in [1.54, 1.807) is 45.2 Å². The topological polar surface area (TPSA) is 156 Å². The fourth-order valence-corrected chi connectivity index (χ4v) is 7.58. The molecule has 268 valence electrons. The number of carbonyl (C=O) groups is 4. The number of hydrogen-bond donors (Lipinski definition) is 3. The molecular formula is C34H44ClN3O10S. The van der Waals surface area contributed by atoms with Crippen LogP contribution in [0.15, 0.2) is 35.9 Å². The number of rotatable bonds is 4. The van der Waals surface area contributed by atoms with E-state index in [2.05, 4.69) is 17.9 Å². The van der Waals surface area contributed by atoms with Crippen LogP contribution in [0.5, 0.6) is 5.75 Å². The minimum Gasteiger partial charge on any atom is -0.495 e. The third-order valence-electron chi connectivity index (χ3n) is 9.98. The normalized spacial score (nSPS) is 35.4. The summed E-state index contributed by atoms with van der Waals surface area (Å²) in [4.78, 5) is 56.5. The van der Waals surface area contributed by atoms with Gasteiger partial charge >= 0.3 is 12.1 Å². The van der Waals surface area contributed by atoms with Gasteiger partial charge in [-0.1, -0.05) is 35.4 Å². The van der Waals surface area contributed by atoms with Crippen LogP contribution in [0.3, 0.4) is 0 Å². The third kappa shape index (κ3) is 7.16. The summed E-state index contributed by atoms with van der Waals surface area (Å²) >= 11 is 10.9. The minimum absolute atomic E-state index is 0.0128. The standard InChI is InChI=1S/C34H44ClN3O10S/c1-19-8-7-9-25(45-6)34(43)17-22(46-31(42)36-34)16-33-18-38(27(39)10-11-49)20(2)30(41)47-26(32(33,3)48-33)15-28(40)37(4)23-13-21(12-19)14-24(44-5)29(23)35/h7-9,13-14,20,22,25-26,43,49H,10-12,15-18H2,1-6H3,(H,36,42)/b9-7+,19-8+/t20-,22+,25+,26-,32-,33+,34-/m0/s1. The number of carbonyl (C=O) groups excluding carboxylic acids is 4. The number of hydrogen-bond acceptors (Lipinski definition) is 11. The van der Waals surface area contributed by atoms with Crippen LogP contribution in [0.25, 0.3) is 0 Å². The minimum atomic E-state index is -1.86. The summed E-state index contributed by atoms with van der Waals surface area (Å²) in [6.45, 7) is 5.12. The number of epoxide rings is 1. The molecule has 4 aliphatic rings. The van der Waals surface area contributed by atoms with Gasteiger partial charge in [0.1, 0.15) is 46.3 Å². The van der Waals surface area contributed by atoms with E-state index in [-0.39, 0.29) is 48.9 Å². The second kappa shape index (κ2) is 14.1. The van der Waals surface area contributed by atoms with Gasteiger partial charge in [-0.05, 0) is 50.6 Å². The lowest BCUT2D eigenvalue weighted by Crippen LogP contribution is -2.63. The highest BCUT2D eigenvalue weighted by atomic mass is 35.5. The van der Waals surface area contributed by atoms with Crippen molar-refractivity contribution in [3.63, 3.8) is 0 Å². The predicted octanol–water partition coefficient (Wildman–Crippen LogP) is 3.34. The number of amides is 3. The molecule has 3 fully saturated rings. The summed E-state index contributed by atoms with van der Waals surface area (Å²) in [6, 6.07) is 2.57. The Balaban J connectivity index is 1.63. The SMILES string of the molecule is COc1cc2cc(c1Cl)N(C)C(=O)C[C@@H]1OC(=O)[C@H](C)N(C(=O)CCS)C[C@@]3(C[C@@H]4C[C@@](O)(NC(=O)O4)[C@H](OC)/C=C/C=C(\C)C2)O[C@@]13C. The molecule has 2 N–H and O–H groups in total. The van der Waals surface area contributed by atoms with Gasteiger partial charge in [-0.15, -0.1) is 0 Å². The van der Waals surface area contributed by atoms with Crippen molar-refractivity contribution in [1.82, 2.24) is 10.2 Å². The number of nitrogens with zero attached hydrogens (tertiary/aromatic N) is 2. The molecule has 49 heavy (non-hydrogen) atoms. The second-order valence-corrected chi connectivity index (χ2v) is 14.1. The summed E-state index contributed by atoms with van der Waals surface area (Å²) in [7, 11) is 4.49. The summed E-state index contributed by atoms with van der Waals surface area (Å²) in [5.74, 6) is -0.828. The van der Waals surface area contributed by atoms with Crippen molar-refractivity contribution >= 4 is 53.8 Å². The van der Waals surface area contributed by atoms with Crippen LogP contribution < -0.4 is 15.0 Å². The van der Waals surface area contributed by atoms with Crippen molar-refractivity contribution in [3.8, 4) is 5.75 Å². The molecule has 7 atom stereocenters. The van der Waals surface area contributed by atoms with Crippen molar-refractivity contribution < 1.29 is 48.0 Å². The lowest BCUT2D eigenvalue weighted by molar-refractivity contribution is -0.165. The van der Waals surface area contributed by atoms with Crippen molar-refractivity contribution in [2.75, 3.05) is 38.5 Å². The maximum atomic E-state index is 14.0. The van der Waals surface area contributed by atoms with Gasteiger partial charge in [-0.25, -0.2) is 9.59 Å². The van der Waals surface area contributed by atoms with Crippen LogP contribution in [0, 0.1) is 0 Å². The Morgan fingerprint density at radius 3 is 2.61 bits per heavy atom. The van der Waals surface area contributed by atoms with Crippen LogP contribution in [0.4, 0.5) is 10.5 Å². The quantitative estimate of drug-likeness (QED) is 0.240. The zero-order chi connectivity index (χ0) is 35.9. The first-order valence-electron chi connectivity index (χ1n) is 16.1. The smallest absolute Gasteiger partial charge is 0.409 e. The Bertz CT molecular complexity index is 1570. The predicted molar refractivity (Wildman–Crippen MR) is 183 cm³/mol. The van der Waals surface area contributed by atoms with E-state index in [9.17, 15) is 24.3 Å². The van der Waals surface area contributed by atoms with E-state index in [1.807, 2.05) is 13.0 Å². The molecule has 1 aromatic carbocycles. The highest BCUT2D eigenvalue weighted by Gasteiger charge is 2.74. The molecule has 15 heteroatoms. The van der Waals surface area contributed by atoms with Gasteiger partial charge < -0.3 is 38.6 Å². The van der Waals surface area contributed by atoms with Gasteiger partial charge in [0.2, 0.25) is 11.8 Å². The number of alkyl carbamates (subject to hydrolysis) is 1. The number of anilines is 1. The van der Waals surface area contributed by atoms with Gasteiger partial charge in [-0.2, -0.15) is 12.6 Å². The zero-order valence-corrected chi connectivity index (χ0v) is 30.1. The highest BCUT2D eigenvalue weighted by molar-refractivity contribution is 7.80. The van der Waals surface area contributed by atoms with Crippen molar-refractivity contribution in [1.29, 1.82) is 0 Å². The van der Waals surface area contributed by atoms with Gasteiger partial charge in [0.15, 0.2) is 5.72 Å². The van der Waals surface area contributed by atoms with E-state index in [0.717, 1.165) is 11.1 Å². The van der Waals surface area contributed by atoms with Gasteiger partial charge in [0, 0.05) is 33.4 Å². The second-order valence-electron chi connectivity index (χ2n) is 13.3. The third-order valence-corrected chi connectivity index (χ3v) is 10.6. The van der Waals surface area contributed by atoms with Crippen LogP contribution in [-0.2, 0) is 39.8 Å². The fraction of sp³-hybridized carbons (Fsp3) is 0.588. The molecular weight excluding hydrogens is 678 g/mol. The average Bonchev–Trinajstić information content (AvgIpc) is 3.62. The number of esters is 1. The zero-order valence-electron chi connectivity index (χ0n) is 28.5. The van der Waals surface area contributed by atoms with Gasteiger partial charge in [0.05, 0.1) is 25.8 Å². The number of fused-ring (bicyclic) bond motifs is 4. The van der Waals surface area contributed by atoms with E-state index >= 15 is 0 Å². The molecule has 4 heterocycles. The molecule has 4 aliphatic heterocycles. The molecule has 3 saturated heterocycles. The Morgan fingerprint density at radius 1 is 1.20 bits per heavy atom. The Hall–Kier alpha value is -3.30. The Labute approximate surface area is 296 Å². The lowest BCUT2D eigenvalue weighted by atomic mass is 9.80. The average molecular weight is 722 g/mol. The number of ether oxygens (including phenoxy) is 5. The Morgan fingerprint density at radius 2 is 1.94 bits per heavy atom. The first kappa shape index (κ1) is 37.0. The van der Waals surface area contributed by atoms with Gasteiger partial charge in [-0.3, -0.25) is 14.9 Å². The molecule has 0 spiro atoms. The molecule has 0 unspecified atom stereocenters. The highest BCUT2D eigenvalue weighted by Crippen LogP contribution is 2.57. The van der Waals surface area contributed by atoms with Crippen LogP contribution >= 0.6 is 24.2 Å². The first-order valence-corrected chi connectivity index (χ1v) is 17.1. The van der Waals surface area contributed by atoms with Crippen LogP contribution in [-0.4, -0.2) is 109 Å². The molecule has 0 radical (unpaired) electrons. The van der Waals surface area contributed by atoms with E-state index < -0.39 is 59.3 Å². The number of benzene rings is 1. The summed E-state index contributed by atoms with van der Waals surface area (Å²) in [5, 5.41) is 14.5. The van der Waals surface area contributed by atoms with Crippen LogP contribution in [0.1, 0.15) is 52.0 Å². The van der Waals surface area contributed by atoms with Gasteiger partial charge in [0.25, 0.3) is 0 Å². The van der Waals surface area contributed by atoms with Crippen molar-refractivity contribution in [2.24, 2.45) is 0 Å². The number of aliphatic hydroxyl groups is 1. The number of methoxy groups -OCH3 is 2. The van der Waals surface area contributed by atoms with Crippen LogP contribution in [0.2, 0.25) is 5.02 Å². The maximum Gasteiger partial charge on any atom is 0.409 e. The molecule has 6 bridgehead atoms. The molecule has 5 rings (SSSR count). The molecule has 1 aromatic rings. The maximum absolute atomic E-state index is 14.0.